The molecule has 1 atom stereocenters. The minimum Gasteiger partial charge on any atom is -0.370 e. The Balaban J connectivity index is 1.46. The molecule has 3 nitrogen and oxygen atoms in total. The van der Waals surface area contributed by atoms with Gasteiger partial charge in [-0.15, -0.1) is 0 Å². The van der Waals surface area contributed by atoms with Crippen LogP contribution in [0.3, 0.4) is 0 Å². The molecule has 0 radical (unpaired) electrons. The number of hydrogen-bond donors (Lipinski definition) is 1. The summed E-state index contributed by atoms with van der Waals surface area (Å²) in [7, 11) is 2.28. The first-order chi connectivity index (χ1) is 9.17. The second-order valence-corrected chi connectivity index (χ2v) is 7.18. The van der Waals surface area contributed by atoms with Crippen LogP contribution in [-0.2, 0) is 4.74 Å². The topological polar surface area (TPSA) is 38.5 Å². The van der Waals surface area contributed by atoms with E-state index in [-0.39, 0.29) is 0 Å². The highest BCUT2D eigenvalue weighted by Gasteiger charge is 2.42. The van der Waals surface area contributed by atoms with Gasteiger partial charge in [0.2, 0.25) is 0 Å². The Morgan fingerprint density at radius 2 is 1.74 bits per heavy atom. The summed E-state index contributed by atoms with van der Waals surface area (Å²) in [6.07, 6.45) is 13.4. The lowest BCUT2D eigenvalue weighted by atomic mass is 9.91. The molecule has 0 bridgehead atoms. The third-order valence-electron chi connectivity index (χ3n) is 5.71. The highest BCUT2D eigenvalue weighted by Crippen LogP contribution is 2.43. The summed E-state index contributed by atoms with van der Waals surface area (Å²) in [6, 6.07) is 1.19. The number of nitrogens with two attached hydrogens (primary N) is 1. The summed E-state index contributed by atoms with van der Waals surface area (Å²) in [5.74, 6) is 0. The van der Waals surface area contributed by atoms with Crippen LogP contribution in [0.25, 0.3) is 0 Å². The van der Waals surface area contributed by atoms with Gasteiger partial charge in [-0.3, -0.25) is 0 Å². The van der Waals surface area contributed by atoms with Crippen LogP contribution in [0.4, 0.5) is 0 Å². The molecule has 1 heterocycles. The Kier molecular flexibility index (Phi) is 4.16. The van der Waals surface area contributed by atoms with Crippen LogP contribution in [0, 0.1) is 0 Å². The minimum absolute atomic E-state index is 0.292. The van der Waals surface area contributed by atoms with Crippen LogP contribution in [0.1, 0.15) is 64.2 Å². The van der Waals surface area contributed by atoms with Crippen molar-refractivity contribution >= 4 is 0 Å². The van der Waals surface area contributed by atoms with Gasteiger partial charge in [-0.1, -0.05) is 12.8 Å². The van der Waals surface area contributed by atoms with E-state index in [2.05, 4.69) is 11.9 Å². The van der Waals surface area contributed by atoms with Gasteiger partial charge in [0.05, 0.1) is 11.7 Å². The average molecular weight is 266 g/mol. The lowest BCUT2D eigenvalue weighted by Gasteiger charge is -2.35. The van der Waals surface area contributed by atoms with E-state index in [1.54, 1.807) is 0 Å². The van der Waals surface area contributed by atoms with Crippen molar-refractivity contribution in [3.8, 4) is 0 Å². The van der Waals surface area contributed by atoms with E-state index < -0.39 is 0 Å². The number of hydrogen-bond acceptors (Lipinski definition) is 3. The largest absolute Gasteiger partial charge is 0.370 e. The SMILES string of the molecule is CN(CC1CCC2(CCCC2)O1)C1CCC(N)CC1. The van der Waals surface area contributed by atoms with Gasteiger partial charge in [-0.2, -0.15) is 0 Å². The standard InChI is InChI=1S/C16H30N2O/c1-18(14-6-4-13(17)5-7-14)12-15-8-11-16(19-15)9-2-3-10-16/h13-15H,2-12,17H2,1H3. The first-order valence-corrected chi connectivity index (χ1v) is 8.30. The van der Waals surface area contributed by atoms with Gasteiger partial charge in [0, 0.05) is 18.6 Å². The first-order valence-electron chi connectivity index (χ1n) is 8.30. The molecule has 0 aromatic rings. The van der Waals surface area contributed by atoms with Crippen LogP contribution in [0.5, 0.6) is 0 Å². The number of ether oxygens (including phenoxy) is 1. The molecule has 1 aliphatic heterocycles. The zero-order valence-electron chi connectivity index (χ0n) is 12.4. The molecule has 19 heavy (non-hydrogen) atoms. The van der Waals surface area contributed by atoms with E-state index >= 15 is 0 Å². The Morgan fingerprint density at radius 1 is 1.05 bits per heavy atom. The third kappa shape index (κ3) is 3.14. The normalized spacial score (nSPS) is 38.4. The Morgan fingerprint density at radius 3 is 2.42 bits per heavy atom. The summed E-state index contributed by atoms with van der Waals surface area (Å²) in [5.41, 5.74) is 6.29. The maximum atomic E-state index is 6.43. The van der Waals surface area contributed by atoms with E-state index in [0.29, 0.717) is 17.7 Å². The summed E-state index contributed by atoms with van der Waals surface area (Å²) in [6.45, 7) is 1.13. The van der Waals surface area contributed by atoms with Crippen molar-refractivity contribution in [2.75, 3.05) is 13.6 Å². The number of nitrogens with zero attached hydrogens (tertiary/aromatic N) is 1. The average Bonchev–Trinajstić information content (AvgIpc) is 3.01. The Hall–Kier alpha value is -0.120. The van der Waals surface area contributed by atoms with Gasteiger partial charge in [-0.05, 0) is 58.4 Å². The van der Waals surface area contributed by atoms with E-state index in [1.807, 2.05) is 0 Å². The molecule has 1 saturated heterocycles. The van der Waals surface area contributed by atoms with Crippen LogP contribution in [0.15, 0.2) is 0 Å². The van der Waals surface area contributed by atoms with Crippen molar-refractivity contribution in [2.45, 2.75) is 88.0 Å². The smallest absolute Gasteiger partial charge is 0.0710 e. The molecule has 1 spiro atoms. The Labute approximate surface area is 117 Å². The number of rotatable bonds is 3. The van der Waals surface area contributed by atoms with Crippen molar-refractivity contribution in [1.82, 2.24) is 4.90 Å². The molecule has 1 unspecified atom stereocenters. The summed E-state index contributed by atoms with van der Waals surface area (Å²) >= 11 is 0. The molecule has 110 valence electrons. The second kappa shape index (κ2) is 5.71. The molecule has 0 aromatic carbocycles. The van der Waals surface area contributed by atoms with Crippen molar-refractivity contribution in [3.05, 3.63) is 0 Å². The van der Waals surface area contributed by atoms with E-state index in [4.69, 9.17) is 10.5 Å². The van der Waals surface area contributed by atoms with Crippen molar-refractivity contribution in [2.24, 2.45) is 5.73 Å². The van der Waals surface area contributed by atoms with E-state index in [1.165, 1.54) is 64.2 Å². The first kappa shape index (κ1) is 13.8. The van der Waals surface area contributed by atoms with Crippen LogP contribution in [0.2, 0.25) is 0 Å². The highest BCUT2D eigenvalue weighted by molar-refractivity contribution is 4.94. The van der Waals surface area contributed by atoms with E-state index in [9.17, 15) is 0 Å². The highest BCUT2D eigenvalue weighted by atomic mass is 16.5. The molecule has 3 rings (SSSR count). The fraction of sp³-hybridized carbons (Fsp3) is 1.00. The number of likely N-dealkylation sites (N-methyl/N-ethyl adjacent to an activating group) is 1. The van der Waals surface area contributed by atoms with Crippen LogP contribution in [-0.4, -0.2) is 42.3 Å². The molecular weight excluding hydrogens is 236 g/mol. The minimum atomic E-state index is 0.292. The van der Waals surface area contributed by atoms with Gasteiger partial charge in [0.15, 0.2) is 0 Å². The summed E-state index contributed by atoms with van der Waals surface area (Å²) < 4.78 is 6.43. The van der Waals surface area contributed by atoms with Crippen LogP contribution >= 0.6 is 0 Å². The molecular formula is C16H30N2O. The fourth-order valence-corrected chi connectivity index (χ4v) is 4.42. The molecule has 0 amide bonds. The zero-order valence-corrected chi connectivity index (χ0v) is 12.4. The monoisotopic (exact) mass is 266 g/mol. The molecule has 3 aliphatic rings. The van der Waals surface area contributed by atoms with Gasteiger partial charge in [-0.25, -0.2) is 0 Å². The quantitative estimate of drug-likeness (QED) is 0.853. The zero-order chi connectivity index (χ0) is 13.3. The van der Waals surface area contributed by atoms with Gasteiger partial charge >= 0.3 is 0 Å². The summed E-state index contributed by atoms with van der Waals surface area (Å²) in [5, 5.41) is 0. The molecule has 0 aromatic heterocycles. The lowest BCUT2D eigenvalue weighted by molar-refractivity contribution is -0.0498. The second-order valence-electron chi connectivity index (χ2n) is 7.18. The van der Waals surface area contributed by atoms with Crippen molar-refractivity contribution < 1.29 is 4.74 Å². The Bertz CT molecular complexity index is 293. The molecule has 2 aliphatic carbocycles. The molecule has 2 N–H and O–H groups in total. The molecule has 3 heteroatoms. The molecule has 3 fully saturated rings. The lowest BCUT2D eigenvalue weighted by Crippen LogP contribution is -2.42. The van der Waals surface area contributed by atoms with Crippen LogP contribution < -0.4 is 5.73 Å². The third-order valence-corrected chi connectivity index (χ3v) is 5.71. The predicted octanol–water partition coefficient (Wildman–Crippen LogP) is 2.68. The fourth-order valence-electron chi connectivity index (χ4n) is 4.42. The predicted molar refractivity (Wildman–Crippen MR) is 78.2 cm³/mol. The van der Waals surface area contributed by atoms with Crippen molar-refractivity contribution in [3.63, 3.8) is 0 Å². The maximum absolute atomic E-state index is 6.43. The van der Waals surface area contributed by atoms with E-state index in [0.717, 1.165) is 12.6 Å². The molecule has 2 saturated carbocycles. The summed E-state index contributed by atoms with van der Waals surface area (Å²) in [4.78, 5) is 2.55. The van der Waals surface area contributed by atoms with Gasteiger partial charge in [0.25, 0.3) is 0 Å². The van der Waals surface area contributed by atoms with Crippen molar-refractivity contribution in [1.29, 1.82) is 0 Å². The maximum Gasteiger partial charge on any atom is 0.0710 e. The van der Waals surface area contributed by atoms with Gasteiger partial charge in [0.1, 0.15) is 0 Å². The van der Waals surface area contributed by atoms with Gasteiger partial charge < -0.3 is 15.4 Å².